The van der Waals surface area contributed by atoms with Crippen LogP contribution >= 0.6 is 0 Å². The third kappa shape index (κ3) is 3.48. The average Bonchev–Trinajstić information content (AvgIpc) is 2.68. The molecular weight excluding hydrogens is 343 g/mol. The van der Waals surface area contributed by atoms with Gasteiger partial charge in [-0.3, -0.25) is 9.78 Å². The molecule has 2 heterocycles. The van der Waals surface area contributed by atoms with Crippen molar-refractivity contribution in [1.82, 2.24) is 10.3 Å². The summed E-state index contributed by atoms with van der Waals surface area (Å²) < 4.78 is 13.7. The second-order valence-electron chi connectivity index (χ2n) is 6.83. The van der Waals surface area contributed by atoms with E-state index in [0.29, 0.717) is 11.1 Å². The lowest BCUT2D eigenvalue weighted by Crippen LogP contribution is -2.44. The minimum absolute atomic E-state index is 0.0865. The molecule has 1 aliphatic rings. The van der Waals surface area contributed by atoms with E-state index in [1.54, 1.807) is 24.4 Å². The predicted octanol–water partition coefficient (Wildman–Crippen LogP) is 3.03. The highest BCUT2D eigenvalue weighted by Gasteiger charge is 2.27. The first kappa shape index (κ1) is 17.4. The first-order chi connectivity index (χ1) is 13.1. The summed E-state index contributed by atoms with van der Waals surface area (Å²) in [5.41, 5.74) is 8.35. The topological polar surface area (TPSA) is 80.0 Å². The van der Waals surface area contributed by atoms with Crippen molar-refractivity contribution in [2.45, 2.75) is 18.4 Å². The Morgan fingerprint density at radius 3 is 2.93 bits per heavy atom. The van der Waals surface area contributed by atoms with Gasteiger partial charge in [-0.15, -0.1) is 0 Å². The van der Waals surface area contributed by atoms with E-state index in [-0.39, 0.29) is 17.8 Å². The molecule has 1 amide bonds. The largest absolute Gasteiger partial charge is 0.380 e. The number of benzene rings is 2. The standard InChI is InChI=1S/C21H21FN4O/c22-14-4-1-3-13(11-14)15-8-10-24-12-19(15)26-18-7-6-17(21(23)27)20-16(18)5-2-9-25-20/h1-7,9,11,15,19,24,26H,8,10,12H2,(H2,23,27). The van der Waals surface area contributed by atoms with Gasteiger partial charge in [0.15, 0.2) is 0 Å². The summed E-state index contributed by atoms with van der Waals surface area (Å²) in [5.74, 6) is -0.531. The molecule has 0 aliphatic carbocycles. The summed E-state index contributed by atoms with van der Waals surface area (Å²) in [7, 11) is 0. The maximum Gasteiger partial charge on any atom is 0.250 e. The second-order valence-corrected chi connectivity index (χ2v) is 6.83. The number of halogens is 1. The molecule has 2 unspecified atom stereocenters. The Labute approximate surface area is 156 Å². The van der Waals surface area contributed by atoms with E-state index >= 15 is 0 Å². The van der Waals surface area contributed by atoms with Gasteiger partial charge in [0.25, 0.3) is 5.91 Å². The van der Waals surface area contributed by atoms with E-state index < -0.39 is 5.91 Å². The highest BCUT2D eigenvalue weighted by atomic mass is 19.1. The highest BCUT2D eigenvalue weighted by molar-refractivity contribution is 6.08. The van der Waals surface area contributed by atoms with Crippen molar-refractivity contribution in [1.29, 1.82) is 0 Å². The maximum absolute atomic E-state index is 13.7. The molecule has 0 saturated carbocycles. The molecule has 1 aliphatic heterocycles. The molecule has 4 rings (SSSR count). The number of carbonyl (C=O) groups is 1. The molecule has 0 spiro atoms. The zero-order valence-corrected chi connectivity index (χ0v) is 14.8. The SMILES string of the molecule is NC(=O)c1ccc(NC2CNCCC2c2cccc(F)c2)c2cccnc12. The van der Waals surface area contributed by atoms with Gasteiger partial charge in [0.05, 0.1) is 11.1 Å². The molecule has 4 N–H and O–H groups in total. The zero-order valence-electron chi connectivity index (χ0n) is 14.8. The number of nitrogens with one attached hydrogen (secondary N) is 2. The van der Waals surface area contributed by atoms with Crippen molar-refractivity contribution in [2.75, 3.05) is 18.4 Å². The molecule has 27 heavy (non-hydrogen) atoms. The molecule has 1 fully saturated rings. The molecule has 2 atom stereocenters. The monoisotopic (exact) mass is 364 g/mol. The molecule has 3 aromatic rings. The molecule has 0 radical (unpaired) electrons. The fraction of sp³-hybridized carbons (Fsp3) is 0.238. The Balaban J connectivity index is 1.70. The van der Waals surface area contributed by atoms with Crippen LogP contribution in [-0.4, -0.2) is 30.0 Å². The van der Waals surface area contributed by atoms with Crippen LogP contribution in [0, 0.1) is 5.82 Å². The van der Waals surface area contributed by atoms with Gasteiger partial charge in [-0.05, 0) is 54.9 Å². The van der Waals surface area contributed by atoms with E-state index in [2.05, 4.69) is 15.6 Å². The lowest BCUT2D eigenvalue weighted by molar-refractivity contribution is 0.100. The van der Waals surface area contributed by atoms with Crippen LogP contribution < -0.4 is 16.4 Å². The fourth-order valence-electron chi connectivity index (χ4n) is 3.84. The Morgan fingerprint density at radius 2 is 2.11 bits per heavy atom. The summed E-state index contributed by atoms with van der Waals surface area (Å²) in [6.07, 6.45) is 2.56. The number of carbonyl (C=O) groups excluding carboxylic acids is 1. The van der Waals surface area contributed by atoms with Crippen molar-refractivity contribution >= 4 is 22.5 Å². The summed E-state index contributed by atoms with van der Waals surface area (Å²) >= 11 is 0. The predicted molar refractivity (Wildman–Crippen MR) is 104 cm³/mol. The Hall–Kier alpha value is -2.99. The van der Waals surface area contributed by atoms with Gasteiger partial charge in [0.2, 0.25) is 0 Å². The number of hydrogen-bond donors (Lipinski definition) is 3. The van der Waals surface area contributed by atoms with E-state index in [4.69, 9.17) is 5.73 Å². The lowest BCUT2D eigenvalue weighted by Gasteiger charge is -2.34. The van der Waals surface area contributed by atoms with Gasteiger partial charge >= 0.3 is 0 Å². The normalized spacial score (nSPS) is 19.7. The summed E-state index contributed by atoms with van der Waals surface area (Å²) in [4.78, 5) is 16.0. The number of aromatic nitrogens is 1. The van der Waals surface area contributed by atoms with Crippen molar-refractivity contribution in [3.63, 3.8) is 0 Å². The number of piperidine rings is 1. The summed E-state index contributed by atoms with van der Waals surface area (Å²) in [6.45, 7) is 1.66. The third-order valence-electron chi connectivity index (χ3n) is 5.13. The van der Waals surface area contributed by atoms with Crippen LogP contribution in [0.5, 0.6) is 0 Å². The molecule has 2 aromatic carbocycles. The Morgan fingerprint density at radius 1 is 1.22 bits per heavy atom. The van der Waals surface area contributed by atoms with Crippen molar-refractivity contribution in [2.24, 2.45) is 5.73 Å². The number of nitrogens with zero attached hydrogens (tertiary/aromatic N) is 1. The third-order valence-corrected chi connectivity index (χ3v) is 5.13. The van der Waals surface area contributed by atoms with Gasteiger partial charge in [0, 0.05) is 35.8 Å². The quantitative estimate of drug-likeness (QED) is 0.665. The van der Waals surface area contributed by atoms with Gasteiger partial charge in [-0.2, -0.15) is 0 Å². The molecule has 1 saturated heterocycles. The van der Waals surface area contributed by atoms with E-state index in [1.165, 1.54) is 6.07 Å². The fourth-order valence-corrected chi connectivity index (χ4v) is 3.84. The van der Waals surface area contributed by atoms with Crippen LogP contribution in [0.2, 0.25) is 0 Å². The number of fused-ring (bicyclic) bond motifs is 1. The zero-order chi connectivity index (χ0) is 18.8. The van der Waals surface area contributed by atoms with Crippen LogP contribution in [0.3, 0.4) is 0 Å². The highest BCUT2D eigenvalue weighted by Crippen LogP contribution is 2.31. The van der Waals surface area contributed by atoms with Crippen LogP contribution in [-0.2, 0) is 0 Å². The first-order valence-electron chi connectivity index (χ1n) is 9.04. The minimum atomic E-state index is -0.498. The van der Waals surface area contributed by atoms with Gasteiger partial charge in [-0.25, -0.2) is 4.39 Å². The number of primary amides is 1. The summed E-state index contributed by atoms with van der Waals surface area (Å²) in [6, 6.07) is 14.2. The number of amides is 1. The van der Waals surface area contributed by atoms with Crippen molar-refractivity contribution in [3.05, 3.63) is 71.7 Å². The number of hydrogen-bond acceptors (Lipinski definition) is 4. The number of pyridine rings is 1. The van der Waals surface area contributed by atoms with Gasteiger partial charge < -0.3 is 16.4 Å². The van der Waals surface area contributed by atoms with Crippen molar-refractivity contribution < 1.29 is 9.18 Å². The smallest absolute Gasteiger partial charge is 0.250 e. The molecule has 5 nitrogen and oxygen atoms in total. The minimum Gasteiger partial charge on any atom is -0.380 e. The summed E-state index contributed by atoms with van der Waals surface area (Å²) in [5, 5.41) is 7.83. The van der Waals surface area contributed by atoms with Crippen LogP contribution in [0.1, 0.15) is 28.3 Å². The van der Waals surface area contributed by atoms with Crippen LogP contribution in [0.15, 0.2) is 54.7 Å². The Kier molecular flexibility index (Phi) is 4.73. The molecule has 6 heteroatoms. The van der Waals surface area contributed by atoms with Crippen LogP contribution in [0.25, 0.3) is 10.9 Å². The molecule has 1 aromatic heterocycles. The second kappa shape index (κ2) is 7.32. The van der Waals surface area contributed by atoms with Gasteiger partial charge in [0.1, 0.15) is 5.82 Å². The van der Waals surface area contributed by atoms with Crippen LogP contribution in [0.4, 0.5) is 10.1 Å². The lowest BCUT2D eigenvalue weighted by atomic mass is 9.85. The first-order valence-corrected chi connectivity index (χ1v) is 9.04. The molecule has 138 valence electrons. The molecular formula is C21H21FN4O. The van der Waals surface area contributed by atoms with E-state index in [0.717, 1.165) is 36.1 Å². The number of rotatable bonds is 4. The van der Waals surface area contributed by atoms with Crippen molar-refractivity contribution in [3.8, 4) is 0 Å². The maximum atomic E-state index is 13.7. The molecule has 0 bridgehead atoms. The average molecular weight is 364 g/mol. The Bertz CT molecular complexity index is 991. The number of nitrogens with two attached hydrogens (primary N) is 1. The van der Waals surface area contributed by atoms with E-state index in [9.17, 15) is 9.18 Å². The van der Waals surface area contributed by atoms with E-state index in [1.807, 2.05) is 24.3 Å². The number of anilines is 1. The van der Waals surface area contributed by atoms with Gasteiger partial charge in [-0.1, -0.05) is 12.1 Å².